The number of carbonyl (C=O) groups is 4. The average molecular weight is 527 g/mol. The van der Waals surface area contributed by atoms with Crippen LogP contribution in [0.25, 0.3) is 0 Å². The van der Waals surface area contributed by atoms with Gasteiger partial charge in [0.15, 0.2) is 0 Å². The number of Topliss-reactive ketones (excluding diaryl/α,β-unsaturated/α-hetero) is 1. The average Bonchev–Trinajstić information content (AvgIpc) is 3.42. The number of aromatic nitrogens is 1. The highest BCUT2D eigenvalue weighted by molar-refractivity contribution is 6.38. The smallest absolute Gasteiger partial charge is 0.408 e. The quantitative estimate of drug-likeness (QED) is 0.429. The van der Waals surface area contributed by atoms with Crippen molar-refractivity contribution in [3.8, 4) is 0 Å². The summed E-state index contributed by atoms with van der Waals surface area (Å²) in [7, 11) is 0. The molecule has 3 atom stereocenters. The molecule has 0 bridgehead atoms. The van der Waals surface area contributed by atoms with Gasteiger partial charge in [-0.15, -0.1) is 0 Å². The van der Waals surface area contributed by atoms with E-state index in [1.807, 2.05) is 51.1 Å². The third-order valence-electron chi connectivity index (χ3n) is 6.79. The molecule has 0 aliphatic carbocycles. The maximum absolute atomic E-state index is 13.0. The highest BCUT2D eigenvalue weighted by atomic mass is 16.6. The Hall–Kier alpha value is -3.69. The van der Waals surface area contributed by atoms with Crippen molar-refractivity contribution in [3.63, 3.8) is 0 Å². The number of nitrogens with one attached hydrogen (secondary N) is 2. The topological polar surface area (TPSA) is 131 Å². The molecule has 38 heavy (non-hydrogen) atoms. The van der Waals surface area contributed by atoms with Gasteiger partial charge in [-0.2, -0.15) is 0 Å². The standard InChI is InChI=1S/C28H38N4O6/c1-6-7-13-22(25(34)26(35)29-19(3)20-11-9-8-10-12-20)30-27(36)37-23-16-32(17-28(23,4)5)24(33)15-21-14-18(2)31-38-21/h8-12,14,19,22-23H,6-7,13,15-17H2,1-5H3,(H,29,35)(H,30,36)/t19-,22+,23-/m1/s1. The number of amides is 3. The Bertz CT molecular complexity index is 1130. The fourth-order valence-electron chi connectivity index (χ4n) is 4.49. The number of ether oxygens (including phenoxy) is 1. The third kappa shape index (κ3) is 7.66. The molecule has 1 aliphatic rings. The minimum Gasteiger partial charge on any atom is -0.444 e. The van der Waals surface area contributed by atoms with E-state index < -0.39 is 35.3 Å². The van der Waals surface area contributed by atoms with Gasteiger partial charge in [0.05, 0.1) is 24.7 Å². The first-order valence-electron chi connectivity index (χ1n) is 13.1. The number of hydrogen-bond donors (Lipinski definition) is 2. The highest BCUT2D eigenvalue weighted by Gasteiger charge is 2.44. The molecule has 1 fully saturated rings. The molecule has 3 amide bonds. The Balaban J connectivity index is 1.59. The van der Waals surface area contributed by atoms with E-state index >= 15 is 0 Å². The molecule has 1 aromatic carbocycles. The van der Waals surface area contributed by atoms with E-state index in [-0.39, 0.29) is 24.9 Å². The lowest BCUT2D eigenvalue weighted by molar-refractivity contribution is -0.139. The van der Waals surface area contributed by atoms with Gasteiger partial charge in [0.25, 0.3) is 5.91 Å². The summed E-state index contributed by atoms with van der Waals surface area (Å²) in [5, 5.41) is 9.12. The number of likely N-dealkylation sites (tertiary alicyclic amines) is 1. The molecule has 10 heteroatoms. The minimum atomic E-state index is -1.01. The number of alkyl carbamates (subject to hydrolysis) is 1. The van der Waals surface area contributed by atoms with Gasteiger partial charge in [-0.3, -0.25) is 14.4 Å². The van der Waals surface area contributed by atoms with Gasteiger partial charge >= 0.3 is 6.09 Å². The molecule has 0 saturated carbocycles. The van der Waals surface area contributed by atoms with Gasteiger partial charge in [-0.25, -0.2) is 4.79 Å². The van der Waals surface area contributed by atoms with Crippen LogP contribution in [-0.4, -0.2) is 59.0 Å². The van der Waals surface area contributed by atoms with Crippen molar-refractivity contribution in [2.45, 2.75) is 78.5 Å². The molecule has 0 radical (unpaired) electrons. The summed E-state index contributed by atoms with van der Waals surface area (Å²) in [5.41, 5.74) is 1.06. The SMILES string of the molecule is CCCC[C@H](NC(=O)O[C@@H]1CN(C(=O)Cc2cc(C)no2)CC1(C)C)C(=O)C(=O)N[C@H](C)c1ccccc1. The third-order valence-corrected chi connectivity index (χ3v) is 6.79. The number of rotatable bonds is 11. The second-order valence-corrected chi connectivity index (χ2v) is 10.6. The number of unbranched alkanes of at least 4 members (excludes halogenated alkanes) is 1. The Morgan fingerprint density at radius 1 is 1.18 bits per heavy atom. The van der Waals surface area contributed by atoms with Gasteiger partial charge in [0, 0.05) is 18.0 Å². The molecule has 1 saturated heterocycles. The van der Waals surface area contributed by atoms with Crippen molar-refractivity contribution in [2.24, 2.45) is 5.41 Å². The summed E-state index contributed by atoms with van der Waals surface area (Å²) in [6, 6.07) is 9.65. The lowest BCUT2D eigenvalue weighted by Gasteiger charge is -2.26. The molecule has 0 spiro atoms. The zero-order valence-electron chi connectivity index (χ0n) is 22.8. The summed E-state index contributed by atoms with van der Waals surface area (Å²) in [5.74, 6) is -1.16. The lowest BCUT2D eigenvalue weighted by atomic mass is 9.90. The number of aryl methyl sites for hydroxylation is 1. The van der Waals surface area contributed by atoms with Crippen molar-refractivity contribution < 1.29 is 28.4 Å². The largest absolute Gasteiger partial charge is 0.444 e. The number of hydrogen-bond acceptors (Lipinski definition) is 7. The monoisotopic (exact) mass is 526 g/mol. The fraction of sp³-hybridized carbons (Fsp3) is 0.536. The van der Waals surface area contributed by atoms with Crippen LogP contribution in [0, 0.1) is 12.3 Å². The van der Waals surface area contributed by atoms with E-state index in [1.54, 1.807) is 24.8 Å². The first kappa shape index (κ1) is 28.9. The maximum Gasteiger partial charge on any atom is 0.408 e. The molecular formula is C28H38N4O6. The summed E-state index contributed by atoms with van der Waals surface area (Å²) in [6.07, 6.45) is 0.446. The minimum absolute atomic E-state index is 0.0694. The van der Waals surface area contributed by atoms with Crippen LogP contribution < -0.4 is 10.6 Å². The van der Waals surface area contributed by atoms with Crippen LogP contribution in [0.15, 0.2) is 40.9 Å². The van der Waals surface area contributed by atoms with Crippen LogP contribution in [0.2, 0.25) is 0 Å². The van der Waals surface area contributed by atoms with Gasteiger partial charge in [0.2, 0.25) is 11.7 Å². The second kappa shape index (κ2) is 12.7. The van der Waals surface area contributed by atoms with E-state index in [0.29, 0.717) is 30.8 Å². The Morgan fingerprint density at radius 2 is 1.89 bits per heavy atom. The Labute approximate surface area is 223 Å². The van der Waals surface area contributed by atoms with E-state index in [0.717, 1.165) is 12.0 Å². The van der Waals surface area contributed by atoms with Crippen LogP contribution >= 0.6 is 0 Å². The molecule has 2 heterocycles. The maximum atomic E-state index is 13.0. The normalized spacial score (nSPS) is 17.9. The molecule has 2 N–H and O–H groups in total. The molecule has 2 aromatic rings. The van der Waals surface area contributed by atoms with E-state index in [9.17, 15) is 19.2 Å². The summed E-state index contributed by atoms with van der Waals surface area (Å²) < 4.78 is 10.8. The second-order valence-electron chi connectivity index (χ2n) is 10.6. The molecular weight excluding hydrogens is 488 g/mol. The number of ketones is 1. The number of carbonyl (C=O) groups excluding carboxylic acids is 4. The molecule has 1 aliphatic heterocycles. The van der Waals surface area contributed by atoms with Crippen LogP contribution in [0.5, 0.6) is 0 Å². The Kier molecular flexibility index (Phi) is 9.66. The van der Waals surface area contributed by atoms with Crippen molar-refractivity contribution in [1.29, 1.82) is 0 Å². The van der Waals surface area contributed by atoms with Crippen molar-refractivity contribution in [3.05, 3.63) is 53.4 Å². The highest BCUT2D eigenvalue weighted by Crippen LogP contribution is 2.32. The predicted octanol–water partition coefficient (Wildman–Crippen LogP) is 3.49. The van der Waals surface area contributed by atoms with Gasteiger partial charge in [-0.05, 0) is 25.8 Å². The first-order chi connectivity index (χ1) is 18.0. The zero-order valence-corrected chi connectivity index (χ0v) is 22.8. The van der Waals surface area contributed by atoms with Gasteiger partial charge in [-0.1, -0.05) is 69.1 Å². The number of benzene rings is 1. The van der Waals surface area contributed by atoms with E-state index in [1.165, 1.54) is 0 Å². The summed E-state index contributed by atoms with van der Waals surface area (Å²) >= 11 is 0. The fourth-order valence-corrected chi connectivity index (χ4v) is 4.49. The zero-order chi connectivity index (χ0) is 27.9. The van der Waals surface area contributed by atoms with Crippen LogP contribution in [0.4, 0.5) is 4.79 Å². The van der Waals surface area contributed by atoms with Crippen LogP contribution in [-0.2, 0) is 25.5 Å². The molecule has 0 unspecified atom stereocenters. The van der Waals surface area contributed by atoms with Crippen LogP contribution in [0.3, 0.4) is 0 Å². The van der Waals surface area contributed by atoms with E-state index in [4.69, 9.17) is 9.26 Å². The van der Waals surface area contributed by atoms with E-state index in [2.05, 4.69) is 15.8 Å². The number of nitrogens with zero attached hydrogens (tertiary/aromatic N) is 2. The lowest BCUT2D eigenvalue weighted by Crippen LogP contribution is -2.49. The van der Waals surface area contributed by atoms with Crippen molar-refractivity contribution >= 4 is 23.7 Å². The summed E-state index contributed by atoms with van der Waals surface area (Å²) in [6.45, 7) is 9.98. The molecule has 3 rings (SSSR count). The van der Waals surface area contributed by atoms with Crippen molar-refractivity contribution in [2.75, 3.05) is 13.1 Å². The molecule has 10 nitrogen and oxygen atoms in total. The van der Waals surface area contributed by atoms with Gasteiger partial charge in [0.1, 0.15) is 17.9 Å². The predicted molar refractivity (Wildman–Crippen MR) is 140 cm³/mol. The van der Waals surface area contributed by atoms with Crippen LogP contribution in [0.1, 0.15) is 70.0 Å². The molecule has 206 valence electrons. The Morgan fingerprint density at radius 3 is 2.53 bits per heavy atom. The summed E-state index contributed by atoms with van der Waals surface area (Å²) in [4.78, 5) is 53.0. The molecule has 1 aromatic heterocycles. The first-order valence-corrected chi connectivity index (χ1v) is 13.1. The van der Waals surface area contributed by atoms with Gasteiger partial charge < -0.3 is 24.8 Å². The van der Waals surface area contributed by atoms with Crippen molar-refractivity contribution in [1.82, 2.24) is 20.7 Å².